The topological polar surface area (TPSA) is 76.6 Å². The van der Waals surface area contributed by atoms with Crippen LogP contribution in [0.15, 0.2) is 23.4 Å². The van der Waals surface area contributed by atoms with Crippen LogP contribution < -0.4 is 0 Å². The lowest BCUT2D eigenvalue weighted by molar-refractivity contribution is -0.140. The number of ether oxygens (including phenoxy) is 1. The molecule has 0 unspecified atom stereocenters. The van der Waals surface area contributed by atoms with Gasteiger partial charge in [-0.25, -0.2) is 12.8 Å². The number of rotatable bonds is 5. The summed E-state index contributed by atoms with van der Waals surface area (Å²) in [6, 6.07) is 0.849. The number of pyridine rings is 1. The Morgan fingerprint density at radius 3 is 2.67 bits per heavy atom. The Labute approximate surface area is 104 Å². The molecule has 1 rings (SSSR count). The van der Waals surface area contributed by atoms with Gasteiger partial charge in [0.15, 0.2) is 0 Å². The predicted octanol–water partition coefficient (Wildman–Crippen LogP) is 0.404. The molecule has 1 aromatic rings. The molecule has 0 bridgehead atoms. The van der Waals surface area contributed by atoms with E-state index in [4.69, 9.17) is 0 Å². The van der Waals surface area contributed by atoms with E-state index in [1.807, 2.05) is 0 Å². The maximum absolute atomic E-state index is 13.0. The van der Waals surface area contributed by atoms with E-state index in [-0.39, 0.29) is 11.4 Å². The van der Waals surface area contributed by atoms with Crippen LogP contribution in [0.25, 0.3) is 0 Å². The minimum Gasteiger partial charge on any atom is -0.468 e. The van der Waals surface area contributed by atoms with Gasteiger partial charge in [0.1, 0.15) is 17.3 Å². The number of halogens is 1. The molecule has 0 spiro atoms. The molecule has 0 amide bonds. The molecule has 0 aromatic carbocycles. The number of likely N-dealkylation sites (N-methyl/N-ethyl adjacent to an activating group) is 1. The van der Waals surface area contributed by atoms with Crippen molar-refractivity contribution in [2.75, 3.05) is 20.2 Å². The van der Waals surface area contributed by atoms with E-state index in [9.17, 15) is 17.6 Å². The van der Waals surface area contributed by atoms with Gasteiger partial charge in [0.2, 0.25) is 10.0 Å². The molecular formula is C10H13FN2O4S. The number of nitrogens with zero attached hydrogens (tertiary/aromatic N) is 2. The number of esters is 1. The van der Waals surface area contributed by atoms with Gasteiger partial charge in [0, 0.05) is 12.7 Å². The molecule has 0 radical (unpaired) electrons. The standard InChI is InChI=1S/C10H13FN2O4S/c1-3-13(7-10(14)17-2)18(15,16)9-4-8(11)5-12-6-9/h4-6H,3,7H2,1-2H3. The highest BCUT2D eigenvalue weighted by molar-refractivity contribution is 7.89. The third kappa shape index (κ3) is 3.23. The molecule has 1 heterocycles. The van der Waals surface area contributed by atoms with E-state index in [1.165, 1.54) is 0 Å². The largest absolute Gasteiger partial charge is 0.468 e. The summed E-state index contributed by atoms with van der Waals surface area (Å²) in [4.78, 5) is 14.3. The van der Waals surface area contributed by atoms with Gasteiger partial charge in [-0.3, -0.25) is 9.78 Å². The molecule has 8 heteroatoms. The van der Waals surface area contributed by atoms with Crippen LogP contribution in [0.3, 0.4) is 0 Å². The molecule has 0 saturated carbocycles. The molecule has 6 nitrogen and oxygen atoms in total. The Morgan fingerprint density at radius 1 is 1.50 bits per heavy atom. The summed E-state index contributed by atoms with van der Waals surface area (Å²) in [5.74, 6) is -1.45. The van der Waals surface area contributed by atoms with Crippen molar-refractivity contribution in [1.82, 2.24) is 9.29 Å². The van der Waals surface area contributed by atoms with Crippen molar-refractivity contribution in [2.45, 2.75) is 11.8 Å². The zero-order valence-corrected chi connectivity index (χ0v) is 10.8. The zero-order chi connectivity index (χ0) is 13.8. The molecule has 0 aliphatic carbocycles. The quantitative estimate of drug-likeness (QED) is 0.728. The van der Waals surface area contributed by atoms with Gasteiger partial charge < -0.3 is 4.74 Å². The minimum absolute atomic E-state index is 0.0634. The van der Waals surface area contributed by atoms with Crippen LogP contribution in [0.2, 0.25) is 0 Å². The molecule has 0 atom stereocenters. The zero-order valence-electron chi connectivity index (χ0n) is 9.96. The molecule has 0 fully saturated rings. The average Bonchev–Trinajstić information content (AvgIpc) is 2.35. The number of carbonyl (C=O) groups excluding carboxylic acids is 1. The van der Waals surface area contributed by atoms with Crippen LogP contribution in [0, 0.1) is 5.82 Å². The second kappa shape index (κ2) is 5.87. The highest BCUT2D eigenvalue weighted by Gasteiger charge is 2.26. The maximum Gasteiger partial charge on any atom is 0.321 e. The van der Waals surface area contributed by atoms with Gasteiger partial charge in [-0.2, -0.15) is 4.31 Å². The Kier molecular flexibility index (Phi) is 4.74. The minimum atomic E-state index is -3.95. The first-order valence-corrected chi connectivity index (χ1v) is 6.53. The molecular weight excluding hydrogens is 263 g/mol. The van der Waals surface area contributed by atoms with E-state index in [2.05, 4.69) is 9.72 Å². The Hall–Kier alpha value is -1.54. The first-order valence-electron chi connectivity index (χ1n) is 5.09. The number of methoxy groups -OCH3 is 1. The summed E-state index contributed by atoms with van der Waals surface area (Å²) in [6.45, 7) is 1.20. The number of carbonyl (C=O) groups is 1. The second-order valence-electron chi connectivity index (χ2n) is 3.35. The van der Waals surface area contributed by atoms with E-state index in [0.717, 1.165) is 29.9 Å². The van der Waals surface area contributed by atoms with Crippen LogP contribution in [-0.4, -0.2) is 43.9 Å². The summed E-state index contributed by atoms with van der Waals surface area (Å²) in [7, 11) is -2.79. The summed E-state index contributed by atoms with van der Waals surface area (Å²) >= 11 is 0. The monoisotopic (exact) mass is 276 g/mol. The predicted molar refractivity (Wildman–Crippen MR) is 60.6 cm³/mol. The summed E-state index contributed by atoms with van der Waals surface area (Å²) < 4.78 is 42.4. The average molecular weight is 276 g/mol. The third-order valence-electron chi connectivity index (χ3n) is 2.20. The lowest BCUT2D eigenvalue weighted by Crippen LogP contribution is -2.36. The number of hydrogen-bond acceptors (Lipinski definition) is 5. The van der Waals surface area contributed by atoms with Gasteiger partial charge >= 0.3 is 5.97 Å². The molecule has 0 aliphatic rings. The number of hydrogen-bond donors (Lipinski definition) is 0. The molecule has 1 aromatic heterocycles. The normalized spacial score (nSPS) is 11.6. The van der Waals surface area contributed by atoms with E-state index in [1.54, 1.807) is 6.92 Å². The smallest absolute Gasteiger partial charge is 0.321 e. The first-order chi connectivity index (χ1) is 8.41. The molecule has 0 aliphatic heterocycles. The van der Waals surface area contributed by atoms with Crippen molar-refractivity contribution in [3.8, 4) is 0 Å². The van der Waals surface area contributed by atoms with Crippen LogP contribution in [0.5, 0.6) is 0 Å². The lowest BCUT2D eigenvalue weighted by Gasteiger charge is -2.18. The van der Waals surface area contributed by atoms with Crippen molar-refractivity contribution in [3.05, 3.63) is 24.3 Å². The fourth-order valence-corrected chi connectivity index (χ4v) is 2.63. The highest BCUT2D eigenvalue weighted by Crippen LogP contribution is 2.15. The maximum atomic E-state index is 13.0. The van der Waals surface area contributed by atoms with Crippen molar-refractivity contribution < 1.29 is 22.3 Å². The summed E-state index contributed by atoms with van der Waals surface area (Å²) in [5, 5.41) is 0. The van der Waals surface area contributed by atoms with Crippen LogP contribution >= 0.6 is 0 Å². The fraction of sp³-hybridized carbons (Fsp3) is 0.400. The van der Waals surface area contributed by atoms with Crippen molar-refractivity contribution in [1.29, 1.82) is 0 Å². The SMILES string of the molecule is CCN(CC(=O)OC)S(=O)(=O)c1cncc(F)c1. The van der Waals surface area contributed by atoms with E-state index >= 15 is 0 Å². The Balaban J connectivity index is 3.07. The van der Waals surface area contributed by atoms with Gasteiger partial charge in [0.05, 0.1) is 13.3 Å². The fourth-order valence-electron chi connectivity index (χ4n) is 1.26. The molecule has 0 N–H and O–H groups in total. The van der Waals surface area contributed by atoms with Crippen LogP contribution in [-0.2, 0) is 19.6 Å². The van der Waals surface area contributed by atoms with Gasteiger partial charge in [-0.15, -0.1) is 0 Å². The van der Waals surface area contributed by atoms with Crippen molar-refractivity contribution in [2.24, 2.45) is 0 Å². The van der Waals surface area contributed by atoms with E-state index < -0.39 is 28.4 Å². The first kappa shape index (κ1) is 14.5. The van der Waals surface area contributed by atoms with E-state index in [0.29, 0.717) is 0 Å². The number of aromatic nitrogens is 1. The lowest BCUT2D eigenvalue weighted by atomic mass is 10.5. The van der Waals surface area contributed by atoms with Crippen LogP contribution in [0.4, 0.5) is 4.39 Å². The van der Waals surface area contributed by atoms with Gasteiger partial charge in [0.25, 0.3) is 0 Å². The highest BCUT2D eigenvalue weighted by atomic mass is 32.2. The van der Waals surface area contributed by atoms with Gasteiger partial charge in [-0.1, -0.05) is 6.92 Å². The number of sulfonamides is 1. The summed E-state index contributed by atoms with van der Waals surface area (Å²) in [6.07, 6.45) is 1.92. The molecule has 18 heavy (non-hydrogen) atoms. The summed E-state index contributed by atoms with van der Waals surface area (Å²) in [5.41, 5.74) is 0. The Bertz CT molecular complexity index is 532. The molecule has 0 saturated heterocycles. The second-order valence-corrected chi connectivity index (χ2v) is 5.28. The Morgan fingerprint density at radius 2 is 2.17 bits per heavy atom. The van der Waals surface area contributed by atoms with Gasteiger partial charge in [-0.05, 0) is 6.07 Å². The molecule has 100 valence electrons. The van der Waals surface area contributed by atoms with Crippen LogP contribution in [0.1, 0.15) is 6.92 Å². The third-order valence-corrected chi connectivity index (χ3v) is 4.09. The van der Waals surface area contributed by atoms with Crippen molar-refractivity contribution in [3.63, 3.8) is 0 Å². The van der Waals surface area contributed by atoms with Crippen molar-refractivity contribution >= 4 is 16.0 Å².